The first kappa shape index (κ1) is 9.97. The number of hydrogen-bond acceptors (Lipinski definition) is 1. The molecule has 1 saturated carbocycles. The summed E-state index contributed by atoms with van der Waals surface area (Å²) in [5.74, 6) is 1.17. The van der Waals surface area contributed by atoms with Crippen molar-refractivity contribution in [2.24, 2.45) is 11.8 Å². The maximum atomic E-state index is 13.3. The summed E-state index contributed by atoms with van der Waals surface area (Å²) in [6, 6.07) is 0. The normalized spacial score (nSPS) is 37.2. The minimum Gasteiger partial charge on any atom is -0.378 e. The van der Waals surface area contributed by atoms with Gasteiger partial charge >= 0.3 is 0 Å². The number of hydrogen-bond donors (Lipinski definition) is 0. The number of rotatable bonds is 2. The molecule has 0 saturated heterocycles. The average molecular weight is 174 g/mol. The Morgan fingerprint density at radius 3 is 2.42 bits per heavy atom. The summed E-state index contributed by atoms with van der Waals surface area (Å²) < 4.78 is 18.4. The molecule has 3 atom stereocenters. The molecule has 0 aromatic rings. The lowest BCUT2D eigenvalue weighted by molar-refractivity contribution is -0.0156. The summed E-state index contributed by atoms with van der Waals surface area (Å²) in [6.07, 6.45) is 1.82. The topological polar surface area (TPSA) is 9.23 Å². The van der Waals surface area contributed by atoms with E-state index in [2.05, 4.69) is 13.8 Å². The summed E-state index contributed by atoms with van der Waals surface area (Å²) in [6.45, 7) is 4.34. The van der Waals surface area contributed by atoms with E-state index >= 15 is 0 Å². The van der Waals surface area contributed by atoms with Gasteiger partial charge in [0.05, 0.1) is 6.10 Å². The summed E-state index contributed by atoms with van der Waals surface area (Å²) in [7, 11) is 1.60. The average Bonchev–Trinajstić information content (AvgIpc) is 2.04. The van der Waals surface area contributed by atoms with Gasteiger partial charge in [-0.1, -0.05) is 13.8 Å². The second-order valence-corrected chi connectivity index (χ2v) is 4.11. The molecule has 1 aliphatic rings. The van der Waals surface area contributed by atoms with Crippen molar-refractivity contribution in [1.29, 1.82) is 0 Å². The van der Waals surface area contributed by atoms with Crippen LogP contribution in [0.1, 0.15) is 33.1 Å². The van der Waals surface area contributed by atoms with Gasteiger partial charge in [0.25, 0.3) is 0 Å². The monoisotopic (exact) mass is 174 g/mol. The molecule has 0 aromatic carbocycles. The van der Waals surface area contributed by atoms with Crippen molar-refractivity contribution in [3.05, 3.63) is 0 Å². The smallest absolute Gasteiger partial charge is 0.126 e. The van der Waals surface area contributed by atoms with Gasteiger partial charge in [0, 0.05) is 7.11 Å². The van der Waals surface area contributed by atoms with Crippen molar-refractivity contribution in [3.63, 3.8) is 0 Å². The largest absolute Gasteiger partial charge is 0.378 e. The molecular formula is C10H19FO. The first-order valence-electron chi connectivity index (χ1n) is 4.82. The van der Waals surface area contributed by atoms with Crippen LogP contribution in [0.2, 0.25) is 0 Å². The van der Waals surface area contributed by atoms with Crippen LogP contribution in [0.4, 0.5) is 4.39 Å². The Bertz CT molecular complexity index is 136. The molecule has 1 rings (SSSR count). The van der Waals surface area contributed by atoms with Gasteiger partial charge in [0.1, 0.15) is 6.17 Å². The number of ether oxygens (including phenoxy) is 1. The molecular weight excluding hydrogens is 155 g/mol. The van der Waals surface area contributed by atoms with Crippen molar-refractivity contribution in [2.75, 3.05) is 7.11 Å². The van der Waals surface area contributed by atoms with E-state index in [4.69, 9.17) is 4.74 Å². The molecule has 2 heteroatoms. The lowest BCUT2D eigenvalue weighted by atomic mass is 9.79. The van der Waals surface area contributed by atoms with Crippen LogP contribution in [0, 0.1) is 11.8 Å². The first-order valence-corrected chi connectivity index (χ1v) is 4.82. The molecule has 0 aromatic heterocycles. The SMILES string of the molecule is CO[C@@H]1CCC(C(C)C)CC1F. The minimum absolute atomic E-state index is 0.139. The minimum atomic E-state index is -0.740. The Kier molecular flexibility index (Phi) is 3.51. The van der Waals surface area contributed by atoms with Gasteiger partial charge in [-0.05, 0) is 31.1 Å². The highest BCUT2D eigenvalue weighted by Gasteiger charge is 2.31. The summed E-state index contributed by atoms with van der Waals surface area (Å²) >= 11 is 0. The molecule has 0 aliphatic heterocycles. The van der Waals surface area contributed by atoms with E-state index in [1.165, 1.54) is 0 Å². The van der Waals surface area contributed by atoms with Crippen molar-refractivity contribution in [2.45, 2.75) is 45.4 Å². The quantitative estimate of drug-likeness (QED) is 0.625. The van der Waals surface area contributed by atoms with E-state index in [1.54, 1.807) is 7.11 Å². The van der Waals surface area contributed by atoms with Crippen molar-refractivity contribution < 1.29 is 9.13 Å². The third-order valence-corrected chi connectivity index (χ3v) is 3.00. The molecule has 1 aliphatic carbocycles. The molecule has 12 heavy (non-hydrogen) atoms. The van der Waals surface area contributed by atoms with Crippen LogP contribution in [0.3, 0.4) is 0 Å². The third kappa shape index (κ3) is 2.19. The number of halogens is 1. The Balaban J connectivity index is 2.40. The zero-order valence-corrected chi connectivity index (χ0v) is 8.22. The lowest BCUT2D eigenvalue weighted by Crippen LogP contribution is -2.33. The van der Waals surface area contributed by atoms with Gasteiger partial charge in [-0.3, -0.25) is 0 Å². The fourth-order valence-corrected chi connectivity index (χ4v) is 1.99. The van der Waals surface area contributed by atoms with Gasteiger partial charge < -0.3 is 4.74 Å². The van der Waals surface area contributed by atoms with Gasteiger partial charge in [0.2, 0.25) is 0 Å². The Morgan fingerprint density at radius 1 is 1.33 bits per heavy atom. The van der Waals surface area contributed by atoms with E-state index in [-0.39, 0.29) is 6.10 Å². The van der Waals surface area contributed by atoms with E-state index in [0.717, 1.165) is 12.8 Å². The second-order valence-electron chi connectivity index (χ2n) is 4.11. The summed E-state index contributed by atoms with van der Waals surface area (Å²) in [5.41, 5.74) is 0. The van der Waals surface area contributed by atoms with Crippen LogP contribution in [-0.2, 0) is 4.74 Å². The molecule has 1 fully saturated rings. The maximum Gasteiger partial charge on any atom is 0.126 e. The van der Waals surface area contributed by atoms with Crippen molar-refractivity contribution >= 4 is 0 Å². The van der Waals surface area contributed by atoms with Gasteiger partial charge in [-0.15, -0.1) is 0 Å². The molecule has 0 amide bonds. The van der Waals surface area contributed by atoms with E-state index in [0.29, 0.717) is 18.3 Å². The highest BCUT2D eigenvalue weighted by Crippen LogP contribution is 2.32. The zero-order valence-electron chi connectivity index (χ0n) is 8.22. The summed E-state index contributed by atoms with van der Waals surface area (Å²) in [4.78, 5) is 0. The van der Waals surface area contributed by atoms with Crippen molar-refractivity contribution in [1.82, 2.24) is 0 Å². The van der Waals surface area contributed by atoms with Crippen LogP contribution in [0.25, 0.3) is 0 Å². The summed E-state index contributed by atoms with van der Waals surface area (Å²) in [5, 5.41) is 0. The third-order valence-electron chi connectivity index (χ3n) is 3.00. The Hall–Kier alpha value is -0.110. The fraction of sp³-hybridized carbons (Fsp3) is 1.00. The van der Waals surface area contributed by atoms with Crippen LogP contribution >= 0.6 is 0 Å². The molecule has 0 radical (unpaired) electrons. The molecule has 2 unspecified atom stereocenters. The van der Waals surface area contributed by atoms with Crippen LogP contribution < -0.4 is 0 Å². The van der Waals surface area contributed by atoms with E-state index in [1.807, 2.05) is 0 Å². The van der Waals surface area contributed by atoms with Crippen LogP contribution in [-0.4, -0.2) is 19.4 Å². The molecule has 72 valence electrons. The number of alkyl halides is 1. The van der Waals surface area contributed by atoms with Gasteiger partial charge in [-0.2, -0.15) is 0 Å². The predicted molar refractivity (Wildman–Crippen MR) is 47.9 cm³/mol. The molecule has 0 bridgehead atoms. The highest BCUT2D eigenvalue weighted by molar-refractivity contribution is 4.81. The van der Waals surface area contributed by atoms with Crippen LogP contribution in [0.15, 0.2) is 0 Å². The van der Waals surface area contributed by atoms with Gasteiger partial charge in [-0.25, -0.2) is 4.39 Å². The molecule has 1 nitrogen and oxygen atoms in total. The molecule has 0 N–H and O–H groups in total. The molecule has 0 heterocycles. The standard InChI is InChI=1S/C10H19FO/c1-7(2)8-4-5-10(12-3)9(11)6-8/h7-10H,4-6H2,1-3H3/t8?,9?,10-/m1/s1. The Labute approximate surface area is 74.3 Å². The first-order chi connectivity index (χ1) is 5.65. The highest BCUT2D eigenvalue weighted by atomic mass is 19.1. The van der Waals surface area contributed by atoms with E-state index in [9.17, 15) is 4.39 Å². The lowest BCUT2D eigenvalue weighted by Gasteiger charge is -2.32. The fourth-order valence-electron chi connectivity index (χ4n) is 1.99. The predicted octanol–water partition coefficient (Wildman–Crippen LogP) is 2.80. The van der Waals surface area contributed by atoms with Crippen LogP contribution in [0.5, 0.6) is 0 Å². The zero-order chi connectivity index (χ0) is 9.14. The van der Waals surface area contributed by atoms with Gasteiger partial charge in [0.15, 0.2) is 0 Å². The Morgan fingerprint density at radius 2 is 2.00 bits per heavy atom. The number of methoxy groups -OCH3 is 1. The van der Waals surface area contributed by atoms with E-state index < -0.39 is 6.17 Å². The second kappa shape index (κ2) is 4.22. The maximum absolute atomic E-state index is 13.3. The van der Waals surface area contributed by atoms with Crippen molar-refractivity contribution in [3.8, 4) is 0 Å². The molecule has 0 spiro atoms.